The summed E-state index contributed by atoms with van der Waals surface area (Å²) in [7, 11) is 0. The fourth-order valence-electron chi connectivity index (χ4n) is 5.35. The number of H-pyrrole nitrogens is 1. The van der Waals surface area contributed by atoms with Gasteiger partial charge in [0.1, 0.15) is 5.82 Å². The number of nitrogens with one attached hydrogen (secondary N) is 1. The van der Waals surface area contributed by atoms with Crippen LogP contribution in [0.3, 0.4) is 0 Å². The molecule has 0 unspecified atom stereocenters. The minimum atomic E-state index is -0.433. The van der Waals surface area contributed by atoms with Gasteiger partial charge in [0.2, 0.25) is 5.91 Å². The Labute approximate surface area is 173 Å². The Hall–Kier alpha value is -3.02. The van der Waals surface area contributed by atoms with E-state index in [1.807, 2.05) is 37.3 Å². The molecular weight excluding hydrogens is 381 g/mol. The highest BCUT2D eigenvalue weighted by atomic mass is 19.1. The lowest BCUT2D eigenvalue weighted by Gasteiger charge is -2.40. The van der Waals surface area contributed by atoms with Crippen LogP contribution in [0.25, 0.3) is 10.8 Å². The Bertz CT molecular complexity index is 1140. The number of aromatic nitrogens is 2. The molecule has 2 fully saturated rings. The van der Waals surface area contributed by atoms with Crippen molar-refractivity contribution >= 4 is 16.7 Å². The van der Waals surface area contributed by atoms with Gasteiger partial charge < -0.3 is 4.90 Å². The van der Waals surface area contributed by atoms with Crippen molar-refractivity contribution in [2.24, 2.45) is 0 Å². The highest BCUT2D eigenvalue weighted by Gasteiger charge is 2.45. The number of aromatic amines is 1. The lowest BCUT2D eigenvalue weighted by atomic mass is 9.84. The molecule has 2 aromatic carbocycles. The third kappa shape index (κ3) is 3.11. The minimum Gasteiger partial charge on any atom is -0.336 e. The standard InChI is InChI=1S/C24H24FN3O2/c1-14(22-20-4-2-3-5-21(20)23(29)27-26-22)24(30)28-18-10-11-19(28)13-16(12-18)15-6-8-17(25)9-7-15/h2-9,14,16,18-19H,10-13H2,1H3,(H,27,29)/t14-,18-,19-/m0/s1. The van der Waals surface area contributed by atoms with Gasteiger partial charge in [0.15, 0.2) is 0 Å². The fraction of sp³-hybridized carbons (Fsp3) is 0.375. The van der Waals surface area contributed by atoms with E-state index in [9.17, 15) is 14.0 Å². The molecule has 5 rings (SSSR count). The topological polar surface area (TPSA) is 66.1 Å². The van der Waals surface area contributed by atoms with Crippen molar-refractivity contribution in [3.05, 3.63) is 76.0 Å². The summed E-state index contributed by atoms with van der Waals surface area (Å²) in [4.78, 5) is 27.7. The molecule has 154 valence electrons. The first-order valence-electron chi connectivity index (χ1n) is 10.6. The van der Waals surface area contributed by atoms with E-state index in [0.29, 0.717) is 17.0 Å². The fourth-order valence-corrected chi connectivity index (χ4v) is 5.35. The smallest absolute Gasteiger partial charge is 0.272 e. The van der Waals surface area contributed by atoms with Gasteiger partial charge in [0.25, 0.3) is 5.56 Å². The van der Waals surface area contributed by atoms with Crippen molar-refractivity contribution in [3.8, 4) is 0 Å². The Kier molecular flexibility index (Phi) is 4.65. The van der Waals surface area contributed by atoms with Gasteiger partial charge in [-0.3, -0.25) is 9.59 Å². The van der Waals surface area contributed by atoms with Crippen LogP contribution in [-0.2, 0) is 4.79 Å². The number of fused-ring (bicyclic) bond motifs is 3. The largest absolute Gasteiger partial charge is 0.336 e. The number of amides is 1. The quantitative estimate of drug-likeness (QED) is 0.713. The average Bonchev–Trinajstić information content (AvgIpc) is 3.03. The Morgan fingerprint density at radius 1 is 1.07 bits per heavy atom. The second-order valence-electron chi connectivity index (χ2n) is 8.56. The van der Waals surface area contributed by atoms with Crippen molar-refractivity contribution in [3.63, 3.8) is 0 Å². The van der Waals surface area contributed by atoms with Crippen LogP contribution in [0, 0.1) is 5.82 Å². The molecule has 3 aromatic rings. The normalized spacial score (nSPS) is 24.2. The number of piperidine rings is 1. The van der Waals surface area contributed by atoms with E-state index < -0.39 is 5.92 Å². The van der Waals surface area contributed by atoms with E-state index >= 15 is 0 Å². The maximum absolute atomic E-state index is 13.5. The van der Waals surface area contributed by atoms with E-state index in [2.05, 4.69) is 15.1 Å². The zero-order chi connectivity index (χ0) is 20.8. The number of hydrogen-bond acceptors (Lipinski definition) is 3. The Morgan fingerprint density at radius 2 is 1.70 bits per heavy atom. The molecule has 0 spiro atoms. The van der Waals surface area contributed by atoms with Crippen LogP contribution in [0.2, 0.25) is 0 Å². The third-order valence-electron chi connectivity index (χ3n) is 6.84. The molecule has 0 aliphatic carbocycles. The molecule has 5 nitrogen and oxygen atoms in total. The summed E-state index contributed by atoms with van der Waals surface area (Å²) in [6.07, 6.45) is 3.81. The molecular formula is C24H24FN3O2. The van der Waals surface area contributed by atoms with Gasteiger partial charge in [-0.15, -0.1) is 0 Å². The number of nitrogens with zero attached hydrogens (tertiary/aromatic N) is 2. The zero-order valence-electron chi connectivity index (χ0n) is 16.8. The van der Waals surface area contributed by atoms with Crippen LogP contribution >= 0.6 is 0 Å². The van der Waals surface area contributed by atoms with Gasteiger partial charge in [-0.25, -0.2) is 9.49 Å². The molecule has 0 radical (unpaired) electrons. The molecule has 6 heteroatoms. The molecule has 0 saturated carbocycles. The van der Waals surface area contributed by atoms with E-state index in [1.165, 1.54) is 12.1 Å². The van der Waals surface area contributed by atoms with E-state index in [0.717, 1.165) is 36.6 Å². The van der Waals surface area contributed by atoms with E-state index in [1.54, 1.807) is 6.07 Å². The van der Waals surface area contributed by atoms with Crippen LogP contribution in [0.1, 0.15) is 55.7 Å². The van der Waals surface area contributed by atoms with Gasteiger partial charge in [0, 0.05) is 17.5 Å². The maximum atomic E-state index is 13.5. The third-order valence-corrected chi connectivity index (χ3v) is 6.84. The van der Waals surface area contributed by atoms with E-state index in [4.69, 9.17) is 0 Å². The predicted molar refractivity (Wildman–Crippen MR) is 113 cm³/mol. The number of halogens is 1. The minimum absolute atomic E-state index is 0.0739. The Balaban J connectivity index is 1.41. The Morgan fingerprint density at radius 3 is 2.37 bits per heavy atom. The van der Waals surface area contributed by atoms with Crippen molar-refractivity contribution < 1.29 is 9.18 Å². The monoisotopic (exact) mass is 405 g/mol. The van der Waals surface area contributed by atoms with Gasteiger partial charge in [-0.1, -0.05) is 30.3 Å². The molecule has 1 amide bonds. The second kappa shape index (κ2) is 7.35. The zero-order valence-corrected chi connectivity index (χ0v) is 16.8. The molecule has 2 saturated heterocycles. The molecule has 1 aromatic heterocycles. The lowest BCUT2D eigenvalue weighted by molar-refractivity contribution is -0.137. The molecule has 1 N–H and O–H groups in total. The van der Waals surface area contributed by atoms with Gasteiger partial charge in [-0.05, 0) is 62.3 Å². The van der Waals surface area contributed by atoms with Gasteiger partial charge in [-0.2, -0.15) is 5.10 Å². The van der Waals surface area contributed by atoms with Crippen LogP contribution in [0.5, 0.6) is 0 Å². The number of benzene rings is 2. The molecule has 3 atom stereocenters. The SMILES string of the molecule is C[C@H](C(=O)N1[C@H]2CC[C@H]1CC(c1ccc(F)cc1)C2)c1n[nH]c(=O)c2ccccc12. The summed E-state index contributed by atoms with van der Waals surface area (Å²) in [6, 6.07) is 14.5. The molecule has 30 heavy (non-hydrogen) atoms. The highest BCUT2D eigenvalue weighted by molar-refractivity contribution is 5.91. The summed E-state index contributed by atoms with van der Waals surface area (Å²) in [5.74, 6) is -0.222. The van der Waals surface area contributed by atoms with Crippen molar-refractivity contribution in [1.29, 1.82) is 0 Å². The highest BCUT2D eigenvalue weighted by Crippen LogP contribution is 2.44. The summed E-state index contributed by atoms with van der Waals surface area (Å²) >= 11 is 0. The molecule has 2 aliphatic heterocycles. The summed E-state index contributed by atoms with van der Waals surface area (Å²) < 4.78 is 13.3. The first-order valence-corrected chi connectivity index (χ1v) is 10.6. The maximum Gasteiger partial charge on any atom is 0.272 e. The van der Waals surface area contributed by atoms with Crippen molar-refractivity contribution in [2.45, 2.75) is 56.5 Å². The molecule has 3 heterocycles. The molecule has 2 bridgehead atoms. The van der Waals surface area contributed by atoms with Crippen LogP contribution in [0.15, 0.2) is 53.3 Å². The van der Waals surface area contributed by atoms with Gasteiger partial charge in [0.05, 0.1) is 17.0 Å². The first kappa shape index (κ1) is 19.0. The number of carbonyl (C=O) groups excluding carboxylic acids is 1. The van der Waals surface area contributed by atoms with Crippen molar-refractivity contribution in [1.82, 2.24) is 15.1 Å². The van der Waals surface area contributed by atoms with Gasteiger partial charge >= 0.3 is 0 Å². The predicted octanol–water partition coefficient (Wildman–Crippen LogP) is 4.10. The summed E-state index contributed by atoms with van der Waals surface area (Å²) in [5, 5.41) is 8.08. The lowest BCUT2D eigenvalue weighted by Crippen LogP contribution is -2.47. The molecule has 2 aliphatic rings. The summed E-state index contributed by atoms with van der Waals surface area (Å²) in [6.45, 7) is 1.88. The van der Waals surface area contributed by atoms with Crippen LogP contribution in [-0.4, -0.2) is 33.1 Å². The average molecular weight is 405 g/mol. The number of rotatable bonds is 3. The first-order chi connectivity index (χ1) is 14.5. The number of hydrogen-bond donors (Lipinski definition) is 1. The van der Waals surface area contributed by atoms with Crippen molar-refractivity contribution in [2.75, 3.05) is 0 Å². The van der Waals surface area contributed by atoms with Crippen LogP contribution < -0.4 is 5.56 Å². The van der Waals surface area contributed by atoms with E-state index in [-0.39, 0.29) is 29.4 Å². The second-order valence-corrected chi connectivity index (χ2v) is 8.56. The van der Waals surface area contributed by atoms with Crippen LogP contribution in [0.4, 0.5) is 4.39 Å². The number of carbonyl (C=O) groups is 1. The summed E-state index contributed by atoms with van der Waals surface area (Å²) in [5.41, 5.74) is 1.53.